The number of halogens is 3. The van der Waals surface area contributed by atoms with Crippen LogP contribution in [0.5, 0.6) is 5.75 Å². The molecular formula is C23H26Cl2FN3O5. The summed E-state index contributed by atoms with van der Waals surface area (Å²) in [6, 6.07) is 4.40. The lowest BCUT2D eigenvalue weighted by atomic mass is 9.72. The van der Waals surface area contributed by atoms with Gasteiger partial charge in [0, 0.05) is 38.5 Å². The summed E-state index contributed by atoms with van der Waals surface area (Å²) in [5, 5.41) is 13.0. The summed E-state index contributed by atoms with van der Waals surface area (Å²) in [6.45, 7) is 2.79. The van der Waals surface area contributed by atoms with Crippen molar-refractivity contribution in [3.63, 3.8) is 0 Å². The number of carbonyl (C=O) groups is 2. The minimum atomic E-state index is -0.956. The second-order valence-corrected chi connectivity index (χ2v) is 9.03. The molecule has 2 N–H and O–H groups in total. The molecule has 0 atom stereocenters. The number of rotatable bonds is 6. The molecule has 0 unspecified atom stereocenters. The van der Waals surface area contributed by atoms with E-state index in [1.165, 1.54) is 23.2 Å². The number of fused-ring (bicyclic) bond motifs is 2. The van der Waals surface area contributed by atoms with Gasteiger partial charge in [0.2, 0.25) is 5.43 Å². The predicted octanol–water partition coefficient (Wildman–Crippen LogP) is 3.07. The molecule has 2 aromatic rings. The third-order valence-electron chi connectivity index (χ3n) is 6.26. The summed E-state index contributed by atoms with van der Waals surface area (Å²) >= 11 is 5.77. The number of carbonyl (C=O) groups excluding carboxylic acids is 2. The number of aromatic nitrogens is 1. The number of hydrogen-bond acceptors (Lipinski definition) is 5. The smallest absolute Gasteiger partial charge is 0.274 e. The molecular weight excluding hydrogens is 488 g/mol. The summed E-state index contributed by atoms with van der Waals surface area (Å²) in [6.07, 6.45) is 3.35. The zero-order chi connectivity index (χ0) is 23.9. The summed E-state index contributed by atoms with van der Waals surface area (Å²) in [5.74, 6) is -2.72. The highest BCUT2D eigenvalue weighted by atomic mass is 35.5. The Morgan fingerprint density at radius 1 is 1.35 bits per heavy atom. The fourth-order valence-electron chi connectivity index (χ4n) is 4.58. The lowest BCUT2D eigenvalue weighted by Crippen LogP contribution is -2.61. The van der Waals surface area contributed by atoms with Crippen molar-refractivity contribution in [1.29, 1.82) is 0 Å². The number of likely N-dealkylation sites (N-methyl/N-ethyl adjacent to an activating group) is 1. The Morgan fingerprint density at radius 3 is 2.74 bits per heavy atom. The van der Waals surface area contributed by atoms with E-state index < -0.39 is 34.3 Å². The van der Waals surface area contributed by atoms with Crippen molar-refractivity contribution >= 4 is 35.8 Å². The second-order valence-electron chi connectivity index (χ2n) is 8.62. The van der Waals surface area contributed by atoms with Crippen LogP contribution in [0.2, 0.25) is 5.02 Å². The molecule has 2 heterocycles. The normalized spacial score (nSPS) is 21.0. The second kappa shape index (κ2) is 9.93. The highest BCUT2D eigenvalue weighted by molar-refractivity contribution is 6.30. The van der Waals surface area contributed by atoms with Crippen LogP contribution in [0.25, 0.3) is 0 Å². The molecule has 11 heteroatoms. The fraction of sp³-hybridized carbons (Fsp3) is 0.435. The molecule has 0 saturated heterocycles. The lowest BCUT2D eigenvalue weighted by molar-refractivity contribution is -0.0859. The van der Waals surface area contributed by atoms with Crippen LogP contribution in [0.4, 0.5) is 4.39 Å². The maximum Gasteiger partial charge on any atom is 0.274 e. The van der Waals surface area contributed by atoms with Crippen molar-refractivity contribution in [3.05, 3.63) is 62.3 Å². The van der Waals surface area contributed by atoms with Crippen LogP contribution in [0.3, 0.4) is 0 Å². The molecule has 4 rings (SSSR count). The Kier molecular flexibility index (Phi) is 7.59. The first kappa shape index (κ1) is 26.0. The number of hydrogen-bond donors (Lipinski definition) is 2. The van der Waals surface area contributed by atoms with E-state index in [9.17, 15) is 23.9 Å². The van der Waals surface area contributed by atoms with Crippen LogP contribution in [0.15, 0.2) is 29.2 Å². The van der Waals surface area contributed by atoms with E-state index in [4.69, 9.17) is 16.3 Å². The number of amides is 2. The van der Waals surface area contributed by atoms with E-state index in [1.54, 1.807) is 17.7 Å². The largest absolute Gasteiger partial charge is 0.503 e. The quantitative estimate of drug-likeness (QED) is 0.618. The maximum atomic E-state index is 14.1. The zero-order valence-corrected chi connectivity index (χ0v) is 20.3. The first-order chi connectivity index (χ1) is 15.7. The average Bonchev–Trinajstić information content (AvgIpc) is 2.76. The third-order valence-corrected chi connectivity index (χ3v) is 6.56. The van der Waals surface area contributed by atoms with Gasteiger partial charge in [0.15, 0.2) is 11.4 Å². The first-order valence-electron chi connectivity index (χ1n) is 10.8. The molecule has 184 valence electrons. The highest BCUT2D eigenvalue weighted by Gasteiger charge is 2.52. The molecule has 1 aromatic heterocycles. The molecule has 1 aromatic carbocycles. The SMILES string of the molecule is CCCO[C@H]1C[C@]2(CN(C)C(=O)c3c(O)c(=O)c(C(=O)NCc4cccc(Cl)c4F)cn32)C1.Cl. The molecule has 1 aliphatic carbocycles. The molecule has 8 nitrogen and oxygen atoms in total. The van der Waals surface area contributed by atoms with Gasteiger partial charge >= 0.3 is 0 Å². The van der Waals surface area contributed by atoms with Crippen LogP contribution in [-0.2, 0) is 16.8 Å². The average molecular weight is 514 g/mol. The summed E-state index contributed by atoms with van der Waals surface area (Å²) < 4.78 is 21.5. The van der Waals surface area contributed by atoms with Gasteiger partial charge in [-0.25, -0.2) is 4.39 Å². The van der Waals surface area contributed by atoms with Gasteiger partial charge in [-0.1, -0.05) is 30.7 Å². The standard InChI is InChI=1S/C23H25ClFN3O5.ClH/c1-3-7-33-14-8-23(9-14)12-27(2)22(32)18-20(30)19(29)15(11-28(18)23)21(31)26-10-13-5-4-6-16(24)17(13)25;/h4-6,11,14,30H,3,7-10,12H2,1-2H3,(H,26,31);1H/t14-,23+;. The van der Waals surface area contributed by atoms with Gasteiger partial charge in [-0.05, 0) is 25.3 Å². The molecule has 34 heavy (non-hydrogen) atoms. The van der Waals surface area contributed by atoms with E-state index in [0.29, 0.717) is 26.0 Å². The summed E-state index contributed by atoms with van der Waals surface area (Å²) in [5.41, 5.74) is -1.85. The fourth-order valence-corrected chi connectivity index (χ4v) is 4.78. The number of benzene rings is 1. The van der Waals surface area contributed by atoms with Gasteiger partial charge in [0.25, 0.3) is 11.8 Å². The van der Waals surface area contributed by atoms with Crippen molar-refractivity contribution < 1.29 is 23.8 Å². The molecule has 1 saturated carbocycles. The van der Waals surface area contributed by atoms with Crippen molar-refractivity contribution in [2.24, 2.45) is 0 Å². The van der Waals surface area contributed by atoms with Gasteiger partial charge in [-0.3, -0.25) is 14.4 Å². The van der Waals surface area contributed by atoms with Gasteiger partial charge in [-0.2, -0.15) is 0 Å². The van der Waals surface area contributed by atoms with Crippen LogP contribution in [-0.4, -0.2) is 52.7 Å². The number of nitrogens with one attached hydrogen (secondary N) is 1. The van der Waals surface area contributed by atoms with E-state index in [1.807, 2.05) is 6.92 Å². The first-order valence-corrected chi connectivity index (χ1v) is 11.1. The Balaban J connectivity index is 0.00000324. The molecule has 1 fully saturated rings. The number of nitrogens with zero attached hydrogens (tertiary/aromatic N) is 2. The molecule has 1 spiro atoms. The van der Waals surface area contributed by atoms with E-state index in [-0.39, 0.29) is 46.9 Å². The van der Waals surface area contributed by atoms with E-state index in [2.05, 4.69) is 5.32 Å². The van der Waals surface area contributed by atoms with Crippen molar-refractivity contribution in [2.75, 3.05) is 20.2 Å². The monoisotopic (exact) mass is 513 g/mol. The minimum Gasteiger partial charge on any atom is -0.503 e. The maximum absolute atomic E-state index is 14.1. The highest BCUT2D eigenvalue weighted by Crippen LogP contribution is 2.45. The van der Waals surface area contributed by atoms with E-state index in [0.717, 1.165) is 6.42 Å². The third kappa shape index (κ3) is 4.39. The molecule has 2 amide bonds. The van der Waals surface area contributed by atoms with Crippen LogP contribution < -0.4 is 10.7 Å². The Labute approximate surface area is 207 Å². The van der Waals surface area contributed by atoms with Gasteiger partial charge < -0.3 is 24.6 Å². The van der Waals surface area contributed by atoms with Crippen molar-refractivity contribution in [1.82, 2.24) is 14.8 Å². The van der Waals surface area contributed by atoms with E-state index >= 15 is 0 Å². The minimum absolute atomic E-state index is 0. The summed E-state index contributed by atoms with van der Waals surface area (Å²) in [7, 11) is 1.61. The van der Waals surface area contributed by atoms with Crippen LogP contribution >= 0.6 is 24.0 Å². The lowest BCUT2D eigenvalue weighted by Gasteiger charge is -2.53. The van der Waals surface area contributed by atoms with Crippen LogP contribution in [0.1, 0.15) is 52.6 Å². The zero-order valence-electron chi connectivity index (χ0n) is 18.8. The number of pyridine rings is 1. The van der Waals surface area contributed by atoms with Gasteiger partial charge in [0.05, 0.1) is 16.7 Å². The molecule has 2 aliphatic rings. The number of ether oxygens (including phenoxy) is 1. The van der Waals surface area contributed by atoms with Crippen molar-refractivity contribution in [3.8, 4) is 5.75 Å². The molecule has 0 bridgehead atoms. The predicted molar refractivity (Wildman–Crippen MR) is 126 cm³/mol. The van der Waals surface area contributed by atoms with Gasteiger partial charge in [0.1, 0.15) is 11.4 Å². The summed E-state index contributed by atoms with van der Waals surface area (Å²) in [4.78, 5) is 39.8. The van der Waals surface area contributed by atoms with Crippen molar-refractivity contribution in [2.45, 2.75) is 44.4 Å². The van der Waals surface area contributed by atoms with Gasteiger partial charge in [-0.15, -0.1) is 12.4 Å². The molecule has 0 radical (unpaired) electrons. The van der Waals surface area contributed by atoms with Crippen LogP contribution in [0, 0.1) is 5.82 Å². The topological polar surface area (TPSA) is 101 Å². The molecule has 1 aliphatic heterocycles. The Hall–Kier alpha value is -2.62. The number of aromatic hydroxyl groups is 1. The Bertz CT molecular complexity index is 1180. The Morgan fingerprint density at radius 2 is 2.06 bits per heavy atom.